The molecule has 0 saturated carbocycles. The third kappa shape index (κ3) is 4.58. The number of carbonyl (C=O) groups excluding carboxylic acids is 1. The first-order valence-corrected chi connectivity index (χ1v) is 9.16. The lowest BCUT2D eigenvalue weighted by atomic mass is 10.1. The molecular formula is C21H22ClN5O. The van der Waals surface area contributed by atoms with E-state index < -0.39 is 0 Å². The van der Waals surface area contributed by atoms with Gasteiger partial charge < -0.3 is 15.5 Å². The highest BCUT2D eigenvalue weighted by molar-refractivity contribution is 6.33. The zero-order chi connectivity index (χ0) is 20.3. The van der Waals surface area contributed by atoms with Crippen molar-refractivity contribution in [3.05, 3.63) is 70.6 Å². The van der Waals surface area contributed by atoms with E-state index in [1.54, 1.807) is 0 Å². The molecule has 0 aliphatic carbocycles. The highest BCUT2D eigenvalue weighted by Crippen LogP contribution is 2.29. The predicted molar refractivity (Wildman–Crippen MR) is 115 cm³/mol. The minimum atomic E-state index is -0.318. The maximum Gasteiger partial charge on any atom is 0.275 e. The van der Waals surface area contributed by atoms with Crippen LogP contribution in [0.25, 0.3) is 0 Å². The summed E-state index contributed by atoms with van der Waals surface area (Å²) in [5.41, 5.74) is 4.85. The molecule has 0 bridgehead atoms. The molecule has 7 heteroatoms. The first kappa shape index (κ1) is 19.6. The molecule has 2 aromatic carbocycles. The number of rotatable bonds is 5. The third-order valence-electron chi connectivity index (χ3n) is 4.21. The number of aromatic nitrogens is 2. The van der Waals surface area contributed by atoms with Gasteiger partial charge in [-0.15, -0.1) is 0 Å². The summed E-state index contributed by atoms with van der Waals surface area (Å²) in [5.74, 6) is 0.196. The lowest BCUT2D eigenvalue weighted by Crippen LogP contribution is -2.14. The molecule has 2 N–H and O–H groups in total. The Labute approximate surface area is 169 Å². The summed E-state index contributed by atoms with van der Waals surface area (Å²) < 4.78 is 0. The molecule has 0 unspecified atom stereocenters. The van der Waals surface area contributed by atoms with Gasteiger partial charge in [-0.1, -0.05) is 17.7 Å². The molecule has 0 radical (unpaired) electrons. The average molecular weight is 396 g/mol. The Bertz CT molecular complexity index is 962. The summed E-state index contributed by atoms with van der Waals surface area (Å²) in [6.45, 7) is 3.96. The van der Waals surface area contributed by atoms with Crippen LogP contribution in [0.4, 0.5) is 22.9 Å². The number of aryl methyl sites for hydroxylation is 2. The van der Waals surface area contributed by atoms with Crippen molar-refractivity contribution in [1.29, 1.82) is 0 Å². The van der Waals surface area contributed by atoms with Crippen molar-refractivity contribution in [1.82, 2.24) is 9.97 Å². The third-order valence-corrected chi connectivity index (χ3v) is 4.51. The van der Waals surface area contributed by atoms with Crippen molar-refractivity contribution >= 4 is 40.4 Å². The molecule has 0 aliphatic heterocycles. The molecule has 3 aromatic rings. The number of benzene rings is 2. The number of halogens is 1. The molecule has 144 valence electrons. The molecule has 0 spiro atoms. The maximum absolute atomic E-state index is 12.4. The molecule has 3 rings (SSSR count). The van der Waals surface area contributed by atoms with Crippen LogP contribution in [0.2, 0.25) is 5.02 Å². The average Bonchev–Trinajstić information content (AvgIpc) is 2.65. The second-order valence-corrected chi connectivity index (χ2v) is 7.15. The zero-order valence-electron chi connectivity index (χ0n) is 16.2. The van der Waals surface area contributed by atoms with E-state index in [2.05, 4.69) is 20.6 Å². The highest BCUT2D eigenvalue weighted by Gasteiger charge is 2.11. The molecule has 0 atom stereocenters. The fraction of sp³-hybridized carbons (Fsp3) is 0.190. The van der Waals surface area contributed by atoms with Gasteiger partial charge in [0.25, 0.3) is 5.91 Å². The molecule has 1 aromatic heterocycles. The molecule has 6 nitrogen and oxygen atoms in total. The van der Waals surface area contributed by atoms with Gasteiger partial charge in [0.05, 0.1) is 23.1 Å². The van der Waals surface area contributed by atoms with Crippen LogP contribution in [0.3, 0.4) is 0 Å². The number of amides is 1. The van der Waals surface area contributed by atoms with Crippen molar-refractivity contribution in [3.63, 3.8) is 0 Å². The van der Waals surface area contributed by atoms with Crippen molar-refractivity contribution < 1.29 is 4.79 Å². The van der Waals surface area contributed by atoms with Crippen LogP contribution in [0, 0.1) is 13.8 Å². The number of hydrogen-bond donors (Lipinski definition) is 2. The highest BCUT2D eigenvalue weighted by atomic mass is 35.5. The summed E-state index contributed by atoms with van der Waals surface area (Å²) in [7, 11) is 3.92. The maximum atomic E-state index is 12.4. The summed E-state index contributed by atoms with van der Waals surface area (Å²) in [5, 5.41) is 6.59. The van der Waals surface area contributed by atoms with Gasteiger partial charge in [0.15, 0.2) is 0 Å². The van der Waals surface area contributed by atoms with E-state index in [1.807, 2.05) is 69.2 Å². The van der Waals surface area contributed by atoms with E-state index in [4.69, 9.17) is 11.6 Å². The van der Waals surface area contributed by atoms with Crippen molar-refractivity contribution in [2.75, 3.05) is 29.6 Å². The predicted octanol–water partition coefficient (Wildman–Crippen LogP) is 4.81. The van der Waals surface area contributed by atoms with Gasteiger partial charge in [0.1, 0.15) is 11.5 Å². The van der Waals surface area contributed by atoms with Crippen molar-refractivity contribution in [3.8, 4) is 0 Å². The van der Waals surface area contributed by atoms with Crippen LogP contribution in [0.5, 0.6) is 0 Å². The normalized spacial score (nSPS) is 10.5. The lowest BCUT2D eigenvalue weighted by Gasteiger charge is -2.13. The number of carbonyl (C=O) groups is 1. The monoisotopic (exact) mass is 395 g/mol. The molecule has 1 heterocycles. The minimum absolute atomic E-state index is 0.231. The fourth-order valence-electron chi connectivity index (χ4n) is 2.75. The number of nitrogens with one attached hydrogen (secondary N) is 2. The van der Waals surface area contributed by atoms with Gasteiger partial charge >= 0.3 is 0 Å². The Hall–Kier alpha value is -3.12. The SMILES string of the molecule is Cc1cc(C)c(Nc2cnc(C(=O)Nc3ccc(N(C)C)cc3)cn2)c(Cl)c1. The largest absolute Gasteiger partial charge is 0.378 e. The summed E-state index contributed by atoms with van der Waals surface area (Å²) in [6.07, 6.45) is 2.95. The second-order valence-electron chi connectivity index (χ2n) is 6.75. The van der Waals surface area contributed by atoms with E-state index in [0.29, 0.717) is 16.5 Å². The minimum Gasteiger partial charge on any atom is -0.378 e. The van der Waals surface area contributed by atoms with Crippen LogP contribution in [0.15, 0.2) is 48.8 Å². The molecular weight excluding hydrogens is 374 g/mol. The summed E-state index contributed by atoms with van der Waals surface area (Å²) in [6, 6.07) is 11.5. The summed E-state index contributed by atoms with van der Waals surface area (Å²) in [4.78, 5) is 22.9. The van der Waals surface area contributed by atoms with Crippen molar-refractivity contribution in [2.45, 2.75) is 13.8 Å². The number of anilines is 4. The fourth-order valence-corrected chi connectivity index (χ4v) is 3.12. The van der Waals surface area contributed by atoms with E-state index in [-0.39, 0.29) is 11.6 Å². The second kappa shape index (κ2) is 8.27. The topological polar surface area (TPSA) is 70.2 Å². The van der Waals surface area contributed by atoms with Gasteiger partial charge in [-0.25, -0.2) is 9.97 Å². The van der Waals surface area contributed by atoms with E-state index in [9.17, 15) is 4.79 Å². The van der Waals surface area contributed by atoms with E-state index >= 15 is 0 Å². The number of hydrogen-bond acceptors (Lipinski definition) is 5. The van der Waals surface area contributed by atoms with Crippen LogP contribution < -0.4 is 15.5 Å². The van der Waals surface area contributed by atoms with Crippen LogP contribution >= 0.6 is 11.6 Å². The Kier molecular flexibility index (Phi) is 5.80. The van der Waals surface area contributed by atoms with E-state index in [1.165, 1.54) is 12.4 Å². The van der Waals surface area contributed by atoms with Gasteiger partial charge in [-0.3, -0.25) is 4.79 Å². The Morgan fingerprint density at radius 3 is 2.32 bits per heavy atom. The number of nitrogens with zero attached hydrogens (tertiary/aromatic N) is 3. The standard InChI is InChI=1S/C21H22ClN5O/c1-13-9-14(2)20(17(22)10-13)26-19-12-23-18(11-24-19)21(28)25-15-5-7-16(8-6-15)27(3)4/h5-12H,1-4H3,(H,24,26)(H,25,28). The van der Waals surface area contributed by atoms with Crippen LogP contribution in [-0.4, -0.2) is 30.0 Å². The molecule has 28 heavy (non-hydrogen) atoms. The van der Waals surface area contributed by atoms with Gasteiger partial charge in [-0.05, 0) is 55.3 Å². The first-order chi connectivity index (χ1) is 13.3. The Morgan fingerprint density at radius 2 is 1.75 bits per heavy atom. The molecule has 0 saturated heterocycles. The summed E-state index contributed by atoms with van der Waals surface area (Å²) >= 11 is 6.31. The van der Waals surface area contributed by atoms with Gasteiger partial charge in [0, 0.05) is 25.5 Å². The van der Waals surface area contributed by atoms with Crippen LogP contribution in [-0.2, 0) is 0 Å². The lowest BCUT2D eigenvalue weighted by molar-refractivity contribution is 0.102. The Morgan fingerprint density at radius 1 is 1.04 bits per heavy atom. The smallest absolute Gasteiger partial charge is 0.275 e. The molecule has 0 fully saturated rings. The van der Waals surface area contributed by atoms with E-state index in [0.717, 1.165) is 22.5 Å². The van der Waals surface area contributed by atoms with Crippen molar-refractivity contribution in [2.24, 2.45) is 0 Å². The molecule has 1 amide bonds. The quantitative estimate of drug-likeness (QED) is 0.648. The van der Waals surface area contributed by atoms with Gasteiger partial charge in [-0.2, -0.15) is 0 Å². The van der Waals surface area contributed by atoms with Crippen LogP contribution in [0.1, 0.15) is 21.6 Å². The van der Waals surface area contributed by atoms with Gasteiger partial charge in [0.2, 0.25) is 0 Å². The first-order valence-electron chi connectivity index (χ1n) is 8.78. The molecule has 0 aliphatic rings. The Balaban J connectivity index is 1.69. The zero-order valence-corrected chi connectivity index (χ0v) is 17.0.